The molecule has 2 aliphatic heterocycles. The van der Waals surface area contributed by atoms with Crippen LogP contribution in [-0.2, 0) is 33.3 Å². The highest BCUT2D eigenvalue weighted by Gasteiger charge is 2.70. The Morgan fingerprint density at radius 1 is 1.22 bits per heavy atom. The third-order valence-corrected chi connectivity index (χ3v) is 4.95. The van der Waals surface area contributed by atoms with E-state index >= 15 is 0 Å². The van der Waals surface area contributed by atoms with Crippen LogP contribution >= 0.6 is 0 Å². The molecule has 0 unspecified atom stereocenters. The van der Waals surface area contributed by atoms with E-state index in [0.717, 1.165) is 0 Å². The fourth-order valence-electron chi connectivity index (χ4n) is 3.83. The Kier molecular flexibility index (Phi) is 3.83. The average Bonchev–Trinajstić information content (AvgIpc) is 3.02. The van der Waals surface area contributed by atoms with E-state index in [1.165, 1.54) is 7.11 Å². The van der Waals surface area contributed by atoms with Crippen molar-refractivity contribution in [1.29, 1.82) is 0 Å². The number of rotatable bonds is 3. The Morgan fingerprint density at radius 2 is 1.87 bits per heavy atom. The van der Waals surface area contributed by atoms with Crippen LogP contribution in [0.5, 0.6) is 0 Å². The fourth-order valence-corrected chi connectivity index (χ4v) is 3.83. The first-order chi connectivity index (χ1) is 10.7. The van der Waals surface area contributed by atoms with Gasteiger partial charge in [-0.1, -0.05) is 13.8 Å². The Balaban J connectivity index is 1.97. The highest BCUT2D eigenvalue weighted by Crippen LogP contribution is 2.49. The van der Waals surface area contributed by atoms with Gasteiger partial charge in [-0.05, 0) is 26.7 Å². The molecule has 7 nitrogen and oxygen atoms in total. The lowest BCUT2D eigenvalue weighted by molar-refractivity contribution is -0.200. The normalized spacial score (nSPS) is 40.6. The van der Waals surface area contributed by atoms with Gasteiger partial charge in [0.1, 0.15) is 6.10 Å². The minimum absolute atomic E-state index is 0.173. The number of fused-ring (bicyclic) bond motifs is 2. The van der Waals surface area contributed by atoms with Crippen LogP contribution in [0.2, 0.25) is 0 Å². The molecular weight excluding hydrogens is 304 g/mol. The molecule has 23 heavy (non-hydrogen) atoms. The number of hydrogen-bond donors (Lipinski definition) is 0. The largest absolute Gasteiger partial charge is 0.467 e. The second-order valence-electron chi connectivity index (χ2n) is 6.80. The van der Waals surface area contributed by atoms with E-state index in [-0.39, 0.29) is 12.2 Å². The SMILES string of the molecule is CCC1(CC)O[C@@H]2C[C@@]3(C(=O)OC)OC(C)(C)O[C@H]3C(=O)[C@@H]2O1. The lowest BCUT2D eigenvalue weighted by Gasteiger charge is -2.37. The van der Waals surface area contributed by atoms with Crippen LogP contribution in [0.25, 0.3) is 0 Å². The first kappa shape index (κ1) is 16.8. The monoisotopic (exact) mass is 328 g/mol. The summed E-state index contributed by atoms with van der Waals surface area (Å²) >= 11 is 0. The average molecular weight is 328 g/mol. The van der Waals surface area contributed by atoms with Gasteiger partial charge in [-0.3, -0.25) is 4.79 Å². The number of carbonyl (C=O) groups excluding carboxylic acids is 2. The maximum absolute atomic E-state index is 12.9. The standard InChI is InChI=1S/C16H24O7/c1-6-15(7-2)20-9-8-16(13(18)19-5)12(10(17)11(9)21-15)22-14(3,4)23-16/h9,11-12H,6-8H2,1-5H3/t9-,11-,12+,16-/m1/s1. The molecule has 0 amide bonds. The summed E-state index contributed by atoms with van der Waals surface area (Å²) in [6.45, 7) is 7.23. The van der Waals surface area contributed by atoms with Gasteiger partial charge >= 0.3 is 5.97 Å². The van der Waals surface area contributed by atoms with Gasteiger partial charge in [-0.2, -0.15) is 0 Å². The highest BCUT2D eigenvalue weighted by molar-refractivity contribution is 5.98. The summed E-state index contributed by atoms with van der Waals surface area (Å²) in [7, 11) is 1.27. The lowest BCUT2D eigenvalue weighted by Crippen LogP contribution is -2.62. The molecule has 130 valence electrons. The predicted octanol–water partition coefficient (Wildman–Crippen LogP) is 1.32. The summed E-state index contributed by atoms with van der Waals surface area (Å²) in [6.07, 6.45) is -0.921. The molecule has 0 bridgehead atoms. The zero-order valence-electron chi connectivity index (χ0n) is 14.2. The molecule has 0 aromatic carbocycles. The molecule has 2 saturated heterocycles. The molecule has 0 aromatic heterocycles. The summed E-state index contributed by atoms with van der Waals surface area (Å²) in [6, 6.07) is 0. The maximum Gasteiger partial charge on any atom is 0.341 e. The smallest absolute Gasteiger partial charge is 0.341 e. The van der Waals surface area contributed by atoms with Gasteiger partial charge in [0.25, 0.3) is 0 Å². The molecule has 1 aliphatic carbocycles. The van der Waals surface area contributed by atoms with Crippen molar-refractivity contribution in [1.82, 2.24) is 0 Å². The van der Waals surface area contributed by atoms with Gasteiger partial charge in [-0.25, -0.2) is 4.79 Å². The summed E-state index contributed by atoms with van der Waals surface area (Å²) in [5.41, 5.74) is -1.47. The van der Waals surface area contributed by atoms with E-state index in [0.29, 0.717) is 12.8 Å². The number of ether oxygens (including phenoxy) is 5. The third kappa shape index (κ3) is 2.33. The third-order valence-electron chi connectivity index (χ3n) is 4.95. The van der Waals surface area contributed by atoms with E-state index in [2.05, 4.69) is 0 Å². The van der Waals surface area contributed by atoms with Crippen molar-refractivity contribution >= 4 is 11.8 Å². The summed E-state index contributed by atoms with van der Waals surface area (Å²) in [5.74, 6) is -2.79. The minimum Gasteiger partial charge on any atom is -0.467 e. The van der Waals surface area contributed by atoms with Gasteiger partial charge in [0.15, 0.2) is 23.5 Å². The molecule has 2 heterocycles. The van der Waals surface area contributed by atoms with E-state index in [9.17, 15) is 9.59 Å². The van der Waals surface area contributed by atoms with Crippen LogP contribution in [0.3, 0.4) is 0 Å². The van der Waals surface area contributed by atoms with Crippen LogP contribution in [0.1, 0.15) is 47.0 Å². The number of carbonyl (C=O) groups is 2. The molecular formula is C16H24O7. The first-order valence-electron chi connectivity index (χ1n) is 8.08. The highest BCUT2D eigenvalue weighted by atomic mass is 16.8. The first-order valence-corrected chi connectivity index (χ1v) is 8.08. The molecule has 1 saturated carbocycles. The Morgan fingerprint density at radius 3 is 2.43 bits per heavy atom. The molecule has 4 atom stereocenters. The molecule has 3 aliphatic rings. The van der Waals surface area contributed by atoms with Crippen molar-refractivity contribution < 1.29 is 33.3 Å². The molecule has 3 rings (SSSR count). The number of Topliss-reactive ketones (excluding diaryl/α,β-unsaturated/α-hetero) is 1. The molecule has 3 fully saturated rings. The van der Waals surface area contributed by atoms with E-state index < -0.39 is 41.5 Å². The predicted molar refractivity (Wildman–Crippen MR) is 77.5 cm³/mol. The van der Waals surface area contributed by atoms with E-state index in [1.807, 2.05) is 13.8 Å². The molecule has 0 aromatic rings. The van der Waals surface area contributed by atoms with Crippen LogP contribution in [0.15, 0.2) is 0 Å². The van der Waals surface area contributed by atoms with Gasteiger partial charge in [0.05, 0.1) is 13.2 Å². The molecule has 0 N–H and O–H groups in total. The van der Waals surface area contributed by atoms with Crippen molar-refractivity contribution in [2.24, 2.45) is 0 Å². The number of esters is 1. The van der Waals surface area contributed by atoms with Crippen LogP contribution in [0, 0.1) is 0 Å². The zero-order chi connectivity index (χ0) is 17.0. The number of hydrogen-bond acceptors (Lipinski definition) is 7. The molecule has 7 heteroatoms. The van der Waals surface area contributed by atoms with Crippen LogP contribution in [-0.4, -0.2) is 54.3 Å². The van der Waals surface area contributed by atoms with Crippen LogP contribution in [0.4, 0.5) is 0 Å². The second kappa shape index (κ2) is 5.24. The lowest BCUT2D eigenvalue weighted by atomic mass is 9.78. The quantitative estimate of drug-likeness (QED) is 0.723. The van der Waals surface area contributed by atoms with Gasteiger partial charge in [-0.15, -0.1) is 0 Å². The van der Waals surface area contributed by atoms with Gasteiger partial charge in [0, 0.05) is 6.42 Å². The Hall–Kier alpha value is -1.02. The van der Waals surface area contributed by atoms with Crippen molar-refractivity contribution in [3.05, 3.63) is 0 Å². The van der Waals surface area contributed by atoms with E-state index in [1.54, 1.807) is 13.8 Å². The number of methoxy groups -OCH3 is 1. The summed E-state index contributed by atoms with van der Waals surface area (Å²) < 4.78 is 28.4. The topological polar surface area (TPSA) is 80.3 Å². The van der Waals surface area contributed by atoms with Gasteiger partial charge < -0.3 is 23.7 Å². The van der Waals surface area contributed by atoms with Crippen molar-refractivity contribution in [2.45, 2.75) is 82.4 Å². The fraction of sp³-hybridized carbons (Fsp3) is 0.875. The Labute approximate surface area is 135 Å². The van der Waals surface area contributed by atoms with Crippen LogP contribution < -0.4 is 0 Å². The number of ketones is 1. The van der Waals surface area contributed by atoms with Crippen molar-refractivity contribution in [3.8, 4) is 0 Å². The van der Waals surface area contributed by atoms with E-state index in [4.69, 9.17) is 23.7 Å². The van der Waals surface area contributed by atoms with Gasteiger partial charge in [0.2, 0.25) is 5.60 Å². The van der Waals surface area contributed by atoms with Crippen molar-refractivity contribution in [2.75, 3.05) is 7.11 Å². The zero-order valence-corrected chi connectivity index (χ0v) is 14.2. The summed E-state index contributed by atoms with van der Waals surface area (Å²) in [5, 5.41) is 0. The molecule has 0 radical (unpaired) electrons. The summed E-state index contributed by atoms with van der Waals surface area (Å²) in [4.78, 5) is 25.3. The molecule has 0 spiro atoms. The maximum atomic E-state index is 12.9. The Bertz CT molecular complexity index is 525. The second-order valence-corrected chi connectivity index (χ2v) is 6.80. The minimum atomic E-state index is -1.47. The van der Waals surface area contributed by atoms with Crippen molar-refractivity contribution in [3.63, 3.8) is 0 Å².